The van der Waals surface area contributed by atoms with Gasteiger partial charge >= 0.3 is 0 Å². The van der Waals surface area contributed by atoms with Crippen LogP contribution < -0.4 is 11.1 Å². The Morgan fingerprint density at radius 3 is 2.79 bits per heavy atom. The van der Waals surface area contributed by atoms with E-state index >= 15 is 0 Å². The summed E-state index contributed by atoms with van der Waals surface area (Å²) >= 11 is 0. The van der Waals surface area contributed by atoms with Crippen molar-refractivity contribution in [3.05, 3.63) is 60.6 Å². The molecule has 1 aliphatic rings. The zero-order valence-corrected chi connectivity index (χ0v) is 15.1. The first kappa shape index (κ1) is 16.5. The second-order valence-corrected chi connectivity index (χ2v) is 7.06. The Bertz CT molecular complexity index is 1150. The van der Waals surface area contributed by atoms with Crippen LogP contribution in [0.4, 0.5) is 11.6 Å². The Morgan fingerprint density at radius 2 is 2.00 bits per heavy atom. The standard InChI is InChI=1S/C20H19N7O/c21-20-24-18-9-15(7-8-27(18)25-20)16-10-22-26(11-16)12-19(28)23-17-5-3-14(4-6-17)13-1-2-13/h3-11,13H,1-2,12H2,(H2,21,25)(H,23,28). The largest absolute Gasteiger partial charge is 0.366 e. The lowest BCUT2D eigenvalue weighted by Gasteiger charge is -2.06. The number of amides is 1. The highest BCUT2D eigenvalue weighted by Gasteiger charge is 2.23. The highest BCUT2D eigenvalue weighted by atomic mass is 16.2. The lowest BCUT2D eigenvalue weighted by Crippen LogP contribution is -2.18. The average molecular weight is 373 g/mol. The van der Waals surface area contributed by atoms with Crippen LogP contribution in [0.3, 0.4) is 0 Å². The van der Waals surface area contributed by atoms with Crippen molar-refractivity contribution in [2.45, 2.75) is 25.3 Å². The van der Waals surface area contributed by atoms with E-state index in [0.717, 1.165) is 16.8 Å². The maximum absolute atomic E-state index is 12.3. The van der Waals surface area contributed by atoms with Gasteiger partial charge in [-0.1, -0.05) is 12.1 Å². The number of carbonyl (C=O) groups excluding carboxylic acids is 1. The maximum atomic E-state index is 12.3. The van der Waals surface area contributed by atoms with E-state index in [1.165, 1.54) is 18.4 Å². The van der Waals surface area contributed by atoms with Crippen LogP contribution in [0, 0.1) is 0 Å². The van der Waals surface area contributed by atoms with Crippen LogP contribution in [-0.2, 0) is 11.3 Å². The molecule has 3 N–H and O–H groups in total. The third-order valence-electron chi connectivity index (χ3n) is 4.87. The summed E-state index contributed by atoms with van der Waals surface area (Å²) in [6.07, 6.45) is 7.89. The monoisotopic (exact) mass is 373 g/mol. The predicted octanol–water partition coefficient (Wildman–Crippen LogP) is 2.69. The first-order chi connectivity index (χ1) is 13.6. The zero-order valence-electron chi connectivity index (χ0n) is 15.1. The van der Waals surface area contributed by atoms with Crippen LogP contribution in [0.2, 0.25) is 0 Å². The van der Waals surface area contributed by atoms with Gasteiger partial charge in [0.15, 0.2) is 5.65 Å². The summed E-state index contributed by atoms with van der Waals surface area (Å²) in [6, 6.07) is 11.9. The smallest absolute Gasteiger partial charge is 0.246 e. The van der Waals surface area contributed by atoms with E-state index in [2.05, 4.69) is 32.6 Å². The van der Waals surface area contributed by atoms with E-state index in [4.69, 9.17) is 5.73 Å². The first-order valence-corrected chi connectivity index (χ1v) is 9.18. The number of anilines is 2. The molecular weight excluding hydrogens is 354 g/mol. The minimum absolute atomic E-state index is 0.116. The molecular formula is C20H19N7O. The van der Waals surface area contributed by atoms with Gasteiger partial charge in [0.2, 0.25) is 11.9 Å². The van der Waals surface area contributed by atoms with Gasteiger partial charge in [-0.05, 0) is 54.2 Å². The van der Waals surface area contributed by atoms with E-state index in [1.807, 2.05) is 30.5 Å². The predicted molar refractivity (Wildman–Crippen MR) is 106 cm³/mol. The molecule has 0 unspecified atom stereocenters. The number of carbonyl (C=O) groups is 1. The number of nitrogens with zero attached hydrogens (tertiary/aromatic N) is 5. The second kappa shape index (κ2) is 6.49. The molecule has 3 heterocycles. The average Bonchev–Trinajstić information content (AvgIpc) is 3.31. The fraction of sp³-hybridized carbons (Fsp3) is 0.200. The SMILES string of the molecule is Nc1nc2cc(-c3cnn(CC(=O)Nc4ccc(C5CC5)cc4)c3)ccn2n1. The summed E-state index contributed by atoms with van der Waals surface area (Å²) < 4.78 is 3.23. The van der Waals surface area contributed by atoms with Gasteiger partial charge in [-0.2, -0.15) is 10.1 Å². The van der Waals surface area contributed by atoms with Crippen molar-refractivity contribution in [3.63, 3.8) is 0 Å². The Labute approximate surface area is 161 Å². The number of nitrogen functional groups attached to an aromatic ring is 1. The fourth-order valence-corrected chi connectivity index (χ4v) is 3.28. The molecule has 1 fully saturated rings. The topological polar surface area (TPSA) is 103 Å². The minimum atomic E-state index is -0.116. The number of pyridine rings is 1. The molecule has 28 heavy (non-hydrogen) atoms. The van der Waals surface area contributed by atoms with Crippen molar-refractivity contribution in [3.8, 4) is 11.1 Å². The highest BCUT2D eigenvalue weighted by molar-refractivity contribution is 5.90. The molecule has 0 atom stereocenters. The lowest BCUT2D eigenvalue weighted by atomic mass is 10.1. The number of hydrogen-bond acceptors (Lipinski definition) is 5. The van der Waals surface area contributed by atoms with E-state index in [0.29, 0.717) is 11.6 Å². The summed E-state index contributed by atoms with van der Waals surface area (Å²) in [5, 5.41) is 11.3. The van der Waals surface area contributed by atoms with Gasteiger partial charge < -0.3 is 11.1 Å². The maximum Gasteiger partial charge on any atom is 0.246 e. The fourth-order valence-electron chi connectivity index (χ4n) is 3.28. The molecule has 140 valence electrons. The van der Waals surface area contributed by atoms with Crippen LogP contribution in [0.25, 0.3) is 16.8 Å². The Hall–Kier alpha value is -3.68. The van der Waals surface area contributed by atoms with Crippen LogP contribution in [0.15, 0.2) is 55.0 Å². The van der Waals surface area contributed by atoms with E-state index < -0.39 is 0 Å². The van der Waals surface area contributed by atoms with Crippen molar-refractivity contribution >= 4 is 23.2 Å². The number of nitrogens with two attached hydrogens (primary N) is 1. The van der Waals surface area contributed by atoms with E-state index in [-0.39, 0.29) is 18.4 Å². The van der Waals surface area contributed by atoms with E-state index in [1.54, 1.807) is 21.6 Å². The number of rotatable bonds is 5. The zero-order chi connectivity index (χ0) is 19.1. The number of nitrogens with one attached hydrogen (secondary N) is 1. The molecule has 1 aliphatic carbocycles. The number of fused-ring (bicyclic) bond motifs is 1. The molecule has 0 bridgehead atoms. The summed E-state index contributed by atoms with van der Waals surface area (Å²) in [7, 11) is 0. The molecule has 1 amide bonds. The van der Waals surface area contributed by atoms with Crippen LogP contribution >= 0.6 is 0 Å². The molecule has 8 nitrogen and oxygen atoms in total. The van der Waals surface area contributed by atoms with Crippen molar-refractivity contribution in [1.29, 1.82) is 0 Å². The molecule has 5 rings (SSSR count). The van der Waals surface area contributed by atoms with E-state index in [9.17, 15) is 4.79 Å². The van der Waals surface area contributed by atoms with Crippen LogP contribution in [0.5, 0.6) is 0 Å². The molecule has 1 aromatic carbocycles. The Balaban J connectivity index is 1.26. The van der Waals surface area contributed by atoms with Crippen LogP contribution in [0.1, 0.15) is 24.3 Å². The quantitative estimate of drug-likeness (QED) is 0.560. The molecule has 4 aromatic rings. The minimum Gasteiger partial charge on any atom is -0.366 e. The van der Waals surface area contributed by atoms with Gasteiger partial charge in [-0.15, -0.1) is 5.10 Å². The summed E-state index contributed by atoms with van der Waals surface area (Å²) in [5.41, 5.74) is 10.3. The summed E-state index contributed by atoms with van der Waals surface area (Å²) in [6.45, 7) is 0.143. The molecule has 8 heteroatoms. The van der Waals surface area contributed by atoms with Gasteiger partial charge in [-0.3, -0.25) is 9.48 Å². The van der Waals surface area contributed by atoms with Gasteiger partial charge in [0.1, 0.15) is 6.54 Å². The van der Waals surface area contributed by atoms with Gasteiger partial charge in [0.05, 0.1) is 6.20 Å². The van der Waals surface area contributed by atoms with Crippen molar-refractivity contribution in [1.82, 2.24) is 24.4 Å². The summed E-state index contributed by atoms with van der Waals surface area (Å²) in [4.78, 5) is 16.5. The van der Waals surface area contributed by atoms with Gasteiger partial charge in [0, 0.05) is 23.6 Å². The Kier molecular flexibility index (Phi) is 3.82. The lowest BCUT2D eigenvalue weighted by molar-refractivity contribution is -0.116. The first-order valence-electron chi connectivity index (χ1n) is 9.18. The summed E-state index contributed by atoms with van der Waals surface area (Å²) in [5.74, 6) is 0.824. The van der Waals surface area contributed by atoms with Crippen LogP contribution in [-0.4, -0.2) is 30.3 Å². The number of hydrogen-bond donors (Lipinski definition) is 2. The van der Waals surface area contributed by atoms with Crippen molar-refractivity contribution in [2.75, 3.05) is 11.1 Å². The third kappa shape index (κ3) is 3.32. The molecule has 1 saturated carbocycles. The molecule has 0 radical (unpaired) electrons. The number of aromatic nitrogens is 5. The Morgan fingerprint density at radius 1 is 1.18 bits per heavy atom. The molecule has 0 aliphatic heterocycles. The third-order valence-corrected chi connectivity index (χ3v) is 4.87. The highest BCUT2D eigenvalue weighted by Crippen LogP contribution is 2.40. The van der Waals surface area contributed by atoms with Gasteiger partial charge in [-0.25, -0.2) is 4.52 Å². The van der Waals surface area contributed by atoms with Gasteiger partial charge in [0.25, 0.3) is 0 Å². The number of benzene rings is 1. The molecule has 0 spiro atoms. The molecule has 3 aromatic heterocycles. The van der Waals surface area contributed by atoms with Crippen molar-refractivity contribution in [2.24, 2.45) is 0 Å². The molecule has 0 saturated heterocycles. The van der Waals surface area contributed by atoms with Crippen molar-refractivity contribution < 1.29 is 4.79 Å². The normalized spacial score (nSPS) is 13.7. The second-order valence-electron chi connectivity index (χ2n) is 7.06.